The Labute approximate surface area is 166 Å². The second-order valence-electron chi connectivity index (χ2n) is 8.49. The van der Waals surface area contributed by atoms with Crippen molar-refractivity contribution in [3.05, 3.63) is 47.3 Å². The maximum Gasteiger partial charge on any atom is 0.272 e. The van der Waals surface area contributed by atoms with Crippen LogP contribution < -0.4 is 4.74 Å². The first-order valence-electron chi connectivity index (χ1n) is 10.3. The molecule has 28 heavy (non-hydrogen) atoms. The number of aromatic nitrogens is 2. The molecule has 0 N–H and O–H groups in total. The number of fused-ring (bicyclic) bond motifs is 2. The molecule has 5 heterocycles. The van der Waals surface area contributed by atoms with Gasteiger partial charge in [-0.2, -0.15) is 5.10 Å². The number of benzene rings is 1. The molecule has 0 saturated carbocycles. The number of aryl methyl sites for hydroxylation is 2. The first-order valence-corrected chi connectivity index (χ1v) is 10.3. The van der Waals surface area contributed by atoms with E-state index in [0.717, 1.165) is 31.1 Å². The van der Waals surface area contributed by atoms with Crippen LogP contribution in [0.15, 0.2) is 30.3 Å². The third-order valence-corrected chi connectivity index (χ3v) is 7.02. The van der Waals surface area contributed by atoms with Crippen LogP contribution in [0.1, 0.15) is 40.5 Å². The highest BCUT2D eigenvalue weighted by molar-refractivity contribution is 5.93. The molecular weight excluding hydrogens is 352 g/mol. The highest BCUT2D eigenvalue weighted by atomic mass is 16.5. The van der Waals surface area contributed by atoms with Gasteiger partial charge in [-0.1, -0.05) is 12.1 Å². The lowest BCUT2D eigenvalue weighted by molar-refractivity contribution is -0.00372. The van der Waals surface area contributed by atoms with Gasteiger partial charge in [0.1, 0.15) is 11.4 Å². The van der Waals surface area contributed by atoms with Crippen molar-refractivity contribution >= 4 is 5.91 Å². The van der Waals surface area contributed by atoms with Crippen LogP contribution in [0.3, 0.4) is 0 Å². The highest BCUT2D eigenvalue weighted by Gasteiger charge is 2.54. The van der Waals surface area contributed by atoms with E-state index >= 15 is 0 Å². The number of rotatable bonds is 3. The summed E-state index contributed by atoms with van der Waals surface area (Å²) in [5.41, 5.74) is 2.89. The molecule has 4 aliphatic heterocycles. The molecular formula is C22H28N4O2. The third-order valence-electron chi connectivity index (χ3n) is 7.02. The van der Waals surface area contributed by atoms with Gasteiger partial charge in [-0.15, -0.1) is 0 Å². The van der Waals surface area contributed by atoms with Crippen molar-refractivity contribution in [1.29, 1.82) is 0 Å². The largest absolute Gasteiger partial charge is 0.497 e. The highest BCUT2D eigenvalue weighted by Crippen LogP contribution is 2.47. The van der Waals surface area contributed by atoms with Gasteiger partial charge in [0, 0.05) is 25.6 Å². The minimum Gasteiger partial charge on any atom is -0.497 e. The van der Waals surface area contributed by atoms with Crippen molar-refractivity contribution in [2.45, 2.75) is 37.8 Å². The van der Waals surface area contributed by atoms with Crippen molar-refractivity contribution in [2.75, 3.05) is 26.7 Å². The summed E-state index contributed by atoms with van der Waals surface area (Å²) in [5.74, 6) is 1.96. The maximum absolute atomic E-state index is 13.5. The van der Waals surface area contributed by atoms with E-state index in [1.807, 2.05) is 32.2 Å². The van der Waals surface area contributed by atoms with E-state index in [1.54, 1.807) is 11.8 Å². The molecule has 6 heteroatoms. The summed E-state index contributed by atoms with van der Waals surface area (Å²) in [7, 11) is 3.56. The van der Waals surface area contributed by atoms with Crippen molar-refractivity contribution in [1.82, 2.24) is 19.6 Å². The predicted octanol–water partition coefficient (Wildman–Crippen LogP) is 2.44. The van der Waals surface area contributed by atoms with E-state index in [-0.39, 0.29) is 5.91 Å². The van der Waals surface area contributed by atoms with E-state index in [0.29, 0.717) is 29.6 Å². The van der Waals surface area contributed by atoms with Gasteiger partial charge in [0.15, 0.2) is 0 Å². The number of hydrogen-bond donors (Lipinski definition) is 0. The number of methoxy groups -OCH3 is 1. The standard InChI is InChI=1S/C22H28N4O2/c1-14-12-19(24(2)23-14)22(27)26-13-18(15-4-6-17(28-3)7-5-15)21-20(26)16-8-10-25(21)11-9-16/h4-7,12,16,18,20-21H,8-11,13H2,1-3H3/t18-,20+,21+/m0/s1. The molecule has 0 unspecified atom stereocenters. The van der Waals surface area contributed by atoms with Crippen molar-refractivity contribution < 1.29 is 9.53 Å². The van der Waals surface area contributed by atoms with Crippen LogP contribution in [0, 0.1) is 12.8 Å². The third kappa shape index (κ3) is 2.65. The van der Waals surface area contributed by atoms with Gasteiger partial charge in [-0.3, -0.25) is 14.4 Å². The maximum atomic E-state index is 13.5. The van der Waals surface area contributed by atoms with Crippen molar-refractivity contribution in [3.63, 3.8) is 0 Å². The Hall–Kier alpha value is -2.34. The zero-order valence-corrected chi connectivity index (χ0v) is 16.8. The second kappa shape index (κ2) is 6.62. The summed E-state index contributed by atoms with van der Waals surface area (Å²) < 4.78 is 7.07. The molecule has 3 atom stereocenters. The molecule has 6 nitrogen and oxygen atoms in total. The smallest absolute Gasteiger partial charge is 0.272 e. The lowest BCUT2D eigenvalue weighted by Gasteiger charge is -2.51. The fraction of sp³-hybridized carbons (Fsp3) is 0.545. The van der Waals surface area contributed by atoms with E-state index in [2.05, 4.69) is 27.0 Å². The molecule has 1 aromatic heterocycles. The lowest BCUT2D eigenvalue weighted by atomic mass is 9.75. The van der Waals surface area contributed by atoms with Crippen LogP contribution in [0.25, 0.3) is 0 Å². The summed E-state index contributed by atoms with van der Waals surface area (Å²) in [5, 5.41) is 4.40. The summed E-state index contributed by atoms with van der Waals surface area (Å²) in [6.45, 7) is 5.03. The van der Waals surface area contributed by atoms with Crippen LogP contribution in [0.5, 0.6) is 5.75 Å². The number of carbonyl (C=O) groups excluding carboxylic acids is 1. The molecule has 0 spiro atoms. The van der Waals surface area contributed by atoms with Crippen molar-refractivity contribution in [3.8, 4) is 5.75 Å². The Morgan fingerprint density at radius 3 is 2.46 bits per heavy atom. The quantitative estimate of drug-likeness (QED) is 0.821. The summed E-state index contributed by atoms with van der Waals surface area (Å²) >= 11 is 0. The van der Waals surface area contributed by atoms with E-state index in [1.165, 1.54) is 18.4 Å². The molecule has 0 radical (unpaired) electrons. The molecule has 6 rings (SSSR count). The van der Waals surface area contributed by atoms with Crippen LogP contribution >= 0.6 is 0 Å². The van der Waals surface area contributed by atoms with Gasteiger partial charge in [0.05, 0.1) is 18.8 Å². The van der Waals surface area contributed by atoms with Gasteiger partial charge in [-0.05, 0) is 62.5 Å². The summed E-state index contributed by atoms with van der Waals surface area (Å²) in [6, 6.07) is 11.1. The van der Waals surface area contributed by atoms with Crippen LogP contribution in [0.2, 0.25) is 0 Å². The van der Waals surface area contributed by atoms with Gasteiger partial charge in [0.25, 0.3) is 5.91 Å². The molecule has 2 bridgehead atoms. The molecule has 4 aliphatic rings. The number of ether oxygens (including phenoxy) is 1. The molecule has 2 aromatic rings. The van der Waals surface area contributed by atoms with E-state index < -0.39 is 0 Å². The fourth-order valence-electron chi connectivity index (χ4n) is 5.76. The lowest BCUT2D eigenvalue weighted by Crippen LogP contribution is -2.60. The fourth-order valence-corrected chi connectivity index (χ4v) is 5.76. The summed E-state index contributed by atoms with van der Waals surface area (Å²) in [6.07, 6.45) is 2.40. The van der Waals surface area contributed by atoms with Crippen molar-refractivity contribution in [2.24, 2.45) is 13.0 Å². The average Bonchev–Trinajstić information content (AvgIpc) is 3.30. The van der Waals surface area contributed by atoms with Crippen LogP contribution in [0.4, 0.5) is 0 Å². The Kier molecular flexibility index (Phi) is 4.19. The van der Waals surface area contributed by atoms with E-state index in [4.69, 9.17) is 4.74 Å². The molecule has 4 saturated heterocycles. The van der Waals surface area contributed by atoms with Gasteiger partial charge >= 0.3 is 0 Å². The molecule has 1 aromatic carbocycles. The molecule has 148 valence electrons. The second-order valence-corrected chi connectivity index (χ2v) is 8.49. The Balaban J connectivity index is 1.51. The van der Waals surface area contributed by atoms with Gasteiger partial charge in [-0.25, -0.2) is 0 Å². The molecule has 1 amide bonds. The first-order chi connectivity index (χ1) is 13.6. The number of nitrogens with zero attached hydrogens (tertiary/aromatic N) is 4. The minimum absolute atomic E-state index is 0.128. The number of likely N-dealkylation sites (tertiary alicyclic amines) is 1. The SMILES string of the molecule is COc1ccc([C@@H]2CN(C(=O)c3cc(C)nn3C)[C@@H]3C4CCN(CC4)[C@@H]32)cc1. The topological polar surface area (TPSA) is 50.6 Å². The zero-order chi connectivity index (χ0) is 19.4. The van der Waals surface area contributed by atoms with E-state index in [9.17, 15) is 4.79 Å². The Morgan fingerprint density at radius 2 is 1.86 bits per heavy atom. The minimum atomic E-state index is 0.128. The number of amides is 1. The monoisotopic (exact) mass is 380 g/mol. The Morgan fingerprint density at radius 1 is 1.14 bits per heavy atom. The first kappa shape index (κ1) is 17.7. The number of hydrogen-bond acceptors (Lipinski definition) is 4. The molecule has 4 fully saturated rings. The Bertz CT molecular complexity index is 882. The van der Waals surface area contributed by atoms with Crippen LogP contribution in [-0.4, -0.2) is 64.3 Å². The molecule has 0 aliphatic carbocycles. The van der Waals surface area contributed by atoms with Crippen LogP contribution in [-0.2, 0) is 7.05 Å². The summed E-state index contributed by atoms with van der Waals surface area (Å²) in [4.78, 5) is 18.3. The number of carbonyl (C=O) groups is 1. The average molecular weight is 380 g/mol. The normalized spacial score (nSPS) is 31.1. The predicted molar refractivity (Wildman–Crippen MR) is 107 cm³/mol. The van der Waals surface area contributed by atoms with Gasteiger partial charge in [0.2, 0.25) is 0 Å². The number of piperidine rings is 3. The van der Waals surface area contributed by atoms with Gasteiger partial charge < -0.3 is 9.64 Å². The zero-order valence-electron chi connectivity index (χ0n) is 16.8.